The molecule has 26 heavy (non-hydrogen) atoms. The van der Waals surface area contributed by atoms with E-state index in [-0.39, 0.29) is 6.03 Å². The van der Waals surface area contributed by atoms with Gasteiger partial charge in [0, 0.05) is 18.8 Å². The minimum atomic E-state index is -0.305. The third-order valence-corrected chi connectivity index (χ3v) is 4.83. The van der Waals surface area contributed by atoms with Crippen LogP contribution in [0.25, 0.3) is 0 Å². The Labute approximate surface area is 160 Å². The van der Waals surface area contributed by atoms with Crippen LogP contribution in [0.3, 0.4) is 0 Å². The lowest BCUT2D eigenvalue weighted by Gasteiger charge is -2.25. The monoisotopic (exact) mass is 375 g/mol. The zero-order chi connectivity index (χ0) is 19.3. The summed E-state index contributed by atoms with van der Waals surface area (Å²) in [4.78, 5) is 14.5. The van der Waals surface area contributed by atoms with Crippen molar-refractivity contribution in [3.63, 3.8) is 0 Å². The van der Waals surface area contributed by atoms with Crippen molar-refractivity contribution in [3.05, 3.63) is 29.3 Å². The highest BCUT2D eigenvalue weighted by Gasteiger charge is 2.16. The maximum atomic E-state index is 12.3. The van der Waals surface area contributed by atoms with Crippen molar-refractivity contribution in [1.82, 2.24) is 10.2 Å². The van der Waals surface area contributed by atoms with Gasteiger partial charge in [-0.2, -0.15) is 0 Å². The normalized spacial score (nSPS) is 11.1. The summed E-state index contributed by atoms with van der Waals surface area (Å²) in [5.41, 5.74) is 2.99. The van der Waals surface area contributed by atoms with Crippen LogP contribution in [-0.2, 0) is 0 Å². The molecule has 2 N–H and O–H groups in total. The van der Waals surface area contributed by atoms with Gasteiger partial charge in [-0.15, -0.1) is 10.2 Å². The van der Waals surface area contributed by atoms with Gasteiger partial charge in [0.15, 0.2) is 0 Å². The van der Waals surface area contributed by atoms with Crippen LogP contribution in [0.2, 0.25) is 0 Å². The lowest BCUT2D eigenvalue weighted by Crippen LogP contribution is -2.31. The molecule has 7 heteroatoms. The topological polar surface area (TPSA) is 70.1 Å². The zero-order valence-corrected chi connectivity index (χ0v) is 17.3. The summed E-state index contributed by atoms with van der Waals surface area (Å²) in [5, 5.41) is 15.4. The molecule has 0 saturated carbocycles. The van der Waals surface area contributed by atoms with Gasteiger partial charge in [-0.05, 0) is 42.9 Å². The van der Waals surface area contributed by atoms with E-state index in [1.54, 1.807) is 0 Å². The van der Waals surface area contributed by atoms with E-state index in [1.165, 1.54) is 11.3 Å². The fourth-order valence-corrected chi connectivity index (χ4v) is 3.40. The van der Waals surface area contributed by atoms with Crippen molar-refractivity contribution in [2.45, 2.75) is 41.5 Å². The van der Waals surface area contributed by atoms with Gasteiger partial charge < -0.3 is 10.2 Å². The number of carbonyl (C=O) groups is 1. The predicted molar refractivity (Wildman–Crippen MR) is 110 cm³/mol. The molecule has 2 aromatic rings. The summed E-state index contributed by atoms with van der Waals surface area (Å²) < 4.78 is 0. The first-order chi connectivity index (χ1) is 12.3. The summed E-state index contributed by atoms with van der Waals surface area (Å²) in [7, 11) is 0. The van der Waals surface area contributed by atoms with Crippen LogP contribution in [-0.4, -0.2) is 29.3 Å². The molecule has 0 aliphatic heterocycles. The molecule has 0 saturated heterocycles. The third kappa shape index (κ3) is 5.69. The van der Waals surface area contributed by atoms with Gasteiger partial charge in [-0.3, -0.25) is 5.32 Å². The lowest BCUT2D eigenvalue weighted by atomic mass is 10.1. The number of nitrogens with one attached hydrogen (secondary N) is 2. The van der Waals surface area contributed by atoms with E-state index in [1.807, 2.05) is 32.0 Å². The summed E-state index contributed by atoms with van der Waals surface area (Å²) in [6.45, 7) is 14.6. The maximum absolute atomic E-state index is 12.3. The number of urea groups is 1. The SMILES string of the molecule is Cc1cccc(NC(=O)Nc2nnc(N(CC(C)C)CC(C)C)s2)c1C. The van der Waals surface area contributed by atoms with Gasteiger partial charge >= 0.3 is 6.03 Å². The van der Waals surface area contributed by atoms with Gasteiger partial charge in [0.1, 0.15) is 0 Å². The summed E-state index contributed by atoms with van der Waals surface area (Å²) in [5.74, 6) is 1.06. The number of anilines is 3. The first-order valence-electron chi connectivity index (χ1n) is 8.99. The molecule has 6 nitrogen and oxygen atoms in total. The quantitative estimate of drug-likeness (QED) is 0.721. The summed E-state index contributed by atoms with van der Waals surface area (Å²) in [6, 6.07) is 5.53. The molecule has 0 unspecified atom stereocenters. The van der Waals surface area contributed by atoms with Crippen molar-refractivity contribution >= 4 is 33.3 Å². The standard InChI is InChI=1S/C19H29N5OS/c1-12(2)10-24(11-13(3)4)19-23-22-18(26-19)21-17(25)20-16-9-7-8-14(5)15(16)6/h7-9,12-13H,10-11H2,1-6H3,(H2,20,21,22,25). The van der Waals surface area contributed by atoms with E-state index >= 15 is 0 Å². The van der Waals surface area contributed by atoms with Crippen molar-refractivity contribution in [2.24, 2.45) is 11.8 Å². The number of nitrogens with zero attached hydrogens (tertiary/aromatic N) is 3. The molecule has 1 aromatic heterocycles. The zero-order valence-electron chi connectivity index (χ0n) is 16.5. The molecule has 2 amide bonds. The van der Waals surface area contributed by atoms with Gasteiger partial charge in [0.25, 0.3) is 0 Å². The van der Waals surface area contributed by atoms with E-state index < -0.39 is 0 Å². The van der Waals surface area contributed by atoms with Crippen molar-refractivity contribution in [2.75, 3.05) is 28.6 Å². The largest absolute Gasteiger partial charge is 0.346 e. The molecular formula is C19H29N5OS. The van der Waals surface area contributed by atoms with E-state index in [4.69, 9.17) is 0 Å². The molecule has 0 spiro atoms. The Morgan fingerprint density at radius 3 is 2.35 bits per heavy atom. The van der Waals surface area contributed by atoms with Crippen molar-refractivity contribution < 1.29 is 4.79 Å². The second-order valence-corrected chi connectivity index (χ2v) is 8.37. The van der Waals surface area contributed by atoms with Crippen LogP contribution in [0.4, 0.5) is 20.7 Å². The number of aromatic nitrogens is 2. The molecule has 0 bridgehead atoms. The van der Waals surface area contributed by atoms with Gasteiger partial charge in [0.2, 0.25) is 10.3 Å². The smallest absolute Gasteiger partial charge is 0.325 e. The minimum absolute atomic E-state index is 0.305. The second-order valence-electron chi connectivity index (χ2n) is 7.41. The Morgan fingerprint density at radius 1 is 1.08 bits per heavy atom. The maximum Gasteiger partial charge on any atom is 0.325 e. The van der Waals surface area contributed by atoms with Gasteiger partial charge in [-0.25, -0.2) is 4.79 Å². The highest BCUT2D eigenvalue weighted by atomic mass is 32.1. The van der Waals surface area contributed by atoms with Crippen LogP contribution in [0, 0.1) is 25.7 Å². The Morgan fingerprint density at radius 2 is 1.73 bits per heavy atom. The van der Waals surface area contributed by atoms with E-state index in [0.29, 0.717) is 17.0 Å². The van der Waals surface area contributed by atoms with Crippen LogP contribution >= 0.6 is 11.3 Å². The van der Waals surface area contributed by atoms with Crippen LogP contribution < -0.4 is 15.5 Å². The lowest BCUT2D eigenvalue weighted by molar-refractivity contribution is 0.262. The predicted octanol–water partition coefficient (Wildman–Crippen LogP) is 4.92. The average molecular weight is 376 g/mol. The number of rotatable bonds is 7. The number of benzene rings is 1. The fraction of sp³-hybridized carbons (Fsp3) is 0.526. The van der Waals surface area contributed by atoms with E-state index in [0.717, 1.165) is 35.0 Å². The molecule has 0 aliphatic carbocycles. The molecule has 2 rings (SSSR count). The third-order valence-electron chi connectivity index (χ3n) is 3.93. The molecule has 0 aliphatic rings. The molecule has 0 atom stereocenters. The Balaban J connectivity index is 2.04. The van der Waals surface area contributed by atoms with Crippen molar-refractivity contribution in [3.8, 4) is 0 Å². The number of aryl methyl sites for hydroxylation is 1. The number of hydrogen-bond donors (Lipinski definition) is 2. The molecule has 0 fully saturated rings. The number of hydrogen-bond acceptors (Lipinski definition) is 5. The Hall–Kier alpha value is -2.15. The Bertz CT molecular complexity index is 731. The minimum Gasteiger partial charge on any atom is -0.346 e. The van der Waals surface area contributed by atoms with Crippen LogP contribution in [0.5, 0.6) is 0 Å². The second kappa shape index (κ2) is 8.98. The van der Waals surface area contributed by atoms with Crippen LogP contribution in [0.15, 0.2) is 18.2 Å². The average Bonchev–Trinajstić information content (AvgIpc) is 2.98. The summed E-state index contributed by atoms with van der Waals surface area (Å²) >= 11 is 1.40. The summed E-state index contributed by atoms with van der Waals surface area (Å²) in [6.07, 6.45) is 0. The highest BCUT2D eigenvalue weighted by molar-refractivity contribution is 7.19. The highest BCUT2D eigenvalue weighted by Crippen LogP contribution is 2.26. The van der Waals surface area contributed by atoms with E-state index in [2.05, 4.69) is 53.4 Å². The van der Waals surface area contributed by atoms with Crippen molar-refractivity contribution in [1.29, 1.82) is 0 Å². The molecule has 1 heterocycles. The number of amides is 2. The van der Waals surface area contributed by atoms with Crippen LogP contribution in [0.1, 0.15) is 38.8 Å². The van der Waals surface area contributed by atoms with E-state index in [9.17, 15) is 4.79 Å². The molecular weight excluding hydrogens is 346 g/mol. The first-order valence-corrected chi connectivity index (χ1v) is 9.80. The molecule has 142 valence electrons. The van der Waals surface area contributed by atoms with Gasteiger partial charge in [-0.1, -0.05) is 51.2 Å². The fourth-order valence-electron chi connectivity index (χ4n) is 2.64. The molecule has 0 radical (unpaired) electrons. The first kappa shape index (κ1) is 20.2. The van der Waals surface area contributed by atoms with Gasteiger partial charge in [0.05, 0.1) is 0 Å². The Kier molecular flexibility index (Phi) is 6.97. The number of carbonyl (C=O) groups excluding carboxylic acids is 1. The molecule has 1 aromatic carbocycles.